The van der Waals surface area contributed by atoms with Gasteiger partial charge in [-0.2, -0.15) is 0 Å². The Kier molecular flexibility index (Phi) is 6.06. The normalized spacial score (nSPS) is 15.3. The van der Waals surface area contributed by atoms with Gasteiger partial charge in [0, 0.05) is 16.8 Å². The standard InChI is InChI=1S/C24H18ClN3O2S2/c1-14-5-3-6-15(2)20(14)27-12-4-7-16(23(27)31)13-19-21(29)26-24(32)28(22(19)30)18-10-8-17(25)9-11-18/h3-13H,1-2H3,(H,26,29,32)/b19-13-. The first kappa shape index (κ1) is 22.1. The summed E-state index contributed by atoms with van der Waals surface area (Å²) >= 11 is 16.9. The van der Waals surface area contributed by atoms with Crippen LogP contribution in [0.15, 0.2) is 66.4 Å². The molecule has 0 unspecified atom stereocenters. The molecule has 5 nitrogen and oxygen atoms in total. The molecule has 2 aromatic carbocycles. The lowest BCUT2D eigenvalue weighted by atomic mass is 10.1. The minimum atomic E-state index is -0.568. The van der Waals surface area contributed by atoms with E-state index in [0.717, 1.165) is 16.8 Å². The molecule has 4 rings (SSSR count). The van der Waals surface area contributed by atoms with E-state index in [1.54, 1.807) is 30.3 Å². The van der Waals surface area contributed by atoms with Gasteiger partial charge in [0.05, 0.1) is 11.4 Å². The summed E-state index contributed by atoms with van der Waals surface area (Å²) in [5.74, 6) is -1.10. The molecule has 0 radical (unpaired) electrons. The molecule has 1 aromatic heterocycles. The van der Waals surface area contributed by atoms with E-state index in [1.807, 2.05) is 48.9 Å². The number of rotatable bonds is 3. The third kappa shape index (κ3) is 4.02. The molecule has 8 heteroatoms. The van der Waals surface area contributed by atoms with Crippen LogP contribution in [-0.4, -0.2) is 21.5 Å². The van der Waals surface area contributed by atoms with E-state index in [2.05, 4.69) is 5.32 Å². The van der Waals surface area contributed by atoms with Crippen LogP contribution in [0.4, 0.5) is 5.69 Å². The lowest BCUT2D eigenvalue weighted by Crippen LogP contribution is -2.54. The highest BCUT2D eigenvalue weighted by atomic mass is 35.5. The van der Waals surface area contributed by atoms with Crippen molar-refractivity contribution >= 4 is 64.7 Å². The van der Waals surface area contributed by atoms with Gasteiger partial charge in [-0.05, 0) is 73.6 Å². The van der Waals surface area contributed by atoms with E-state index in [9.17, 15) is 9.59 Å². The average molecular weight is 480 g/mol. The Morgan fingerprint density at radius 2 is 1.59 bits per heavy atom. The summed E-state index contributed by atoms with van der Waals surface area (Å²) in [4.78, 5) is 27.2. The van der Waals surface area contributed by atoms with Gasteiger partial charge in [0.2, 0.25) is 0 Å². The second-order valence-corrected chi connectivity index (χ2v) is 8.52. The van der Waals surface area contributed by atoms with E-state index >= 15 is 0 Å². The van der Waals surface area contributed by atoms with Gasteiger partial charge < -0.3 is 4.57 Å². The first-order valence-corrected chi connectivity index (χ1v) is 10.9. The maximum Gasteiger partial charge on any atom is 0.270 e. The van der Waals surface area contributed by atoms with Crippen LogP contribution in [0.1, 0.15) is 16.7 Å². The van der Waals surface area contributed by atoms with E-state index in [0.29, 0.717) is 20.9 Å². The molecule has 1 saturated heterocycles. The first-order chi connectivity index (χ1) is 15.3. The van der Waals surface area contributed by atoms with Crippen molar-refractivity contribution in [1.29, 1.82) is 0 Å². The monoisotopic (exact) mass is 479 g/mol. The van der Waals surface area contributed by atoms with Gasteiger partial charge in [-0.15, -0.1) is 0 Å². The predicted octanol–water partition coefficient (Wildman–Crippen LogP) is 5.31. The van der Waals surface area contributed by atoms with Crippen LogP contribution in [0, 0.1) is 18.5 Å². The fourth-order valence-corrected chi connectivity index (χ4v) is 4.31. The van der Waals surface area contributed by atoms with Crippen molar-refractivity contribution in [3.63, 3.8) is 0 Å². The van der Waals surface area contributed by atoms with Crippen molar-refractivity contribution in [3.8, 4) is 5.69 Å². The molecule has 2 heterocycles. The summed E-state index contributed by atoms with van der Waals surface area (Å²) < 4.78 is 2.38. The number of para-hydroxylation sites is 1. The van der Waals surface area contributed by atoms with E-state index < -0.39 is 11.8 Å². The summed E-state index contributed by atoms with van der Waals surface area (Å²) in [6.45, 7) is 4.02. The number of thiocarbonyl (C=S) groups is 1. The molecule has 0 bridgehead atoms. The van der Waals surface area contributed by atoms with Crippen molar-refractivity contribution in [2.24, 2.45) is 0 Å². The number of benzene rings is 2. The van der Waals surface area contributed by atoms with Crippen LogP contribution in [0.25, 0.3) is 11.8 Å². The summed E-state index contributed by atoms with van der Waals surface area (Å²) in [7, 11) is 0. The van der Waals surface area contributed by atoms with Crippen molar-refractivity contribution < 1.29 is 9.59 Å². The van der Waals surface area contributed by atoms with Gasteiger partial charge in [-0.3, -0.25) is 19.8 Å². The highest BCUT2D eigenvalue weighted by Crippen LogP contribution is 2.25. The van der Waals surface area contributed by atoms with Crippen molar-refractivity contribution in [2.45, 2.75) is 13.8 Å². The van der Waals surface area contributed by atoms with Crippen LogP contribution >= 0.6 is 36.0 Å². The third-order valence-corrected chi connectivity index (χ3v) is 6.11. The zero-order chi connectivity index (χ0) is 23.0. The minimum absolute atomic E-state index is 0.0109. The predicted molar refractivity (Wildman–Crippen MR) is 134 cm³/mol. The molecule has 2 amide bonds. The summed E-state index contributed by atoms with van der Waals surface area (Å²) in [6, 6.07) is 16.3. The van der Waals surface area contributed by atoms with Gasteiger partial charge in [0.15, 0.2) is 5.11 Å². The number of hydrogen-bond donors (Lipinski definition) is 1. The van der Waals surface area contributed by atoms with Gasteiger partial charge >= 0.3 is 0 Å². The lowest BCUT2D eigenvalue weighted by Gasteiger charge is -2.29. The summed E-state index contributed by atoms with van der Waals surface area (Å²) in [5.41, 5.74) is 4.13. The third-order valence-electron chi connectivity index (χ3n) is 5.14. The topological polar surface area (TPSA) is 54.3 Å². The number of hydrogen-bond acceptors (Lipinski definition) is 4. The Labute approximate surface area is 200 Å². The van der Waals surface area contributed by atoms with Crippen LogP contribution in [0.5, 0.6) is 0 Å². The largest absolute Gasteiger partial charge is 0.307 e. The SMILES string of the molecule is Cc1cccc(C)c1-n1cccc(/C=C2/C(=O)NC(=S)N(c3ccc(Cl)cc3)C2=O)c1=S. The Bertz CT molecular complexity index is 1340. The number of anilines is 1. The second-order valence-electron chi connectivity index (χ2n) is 7.31. The van der Waals surface area contributed by atoms with Crippen LogP contribution in [0.3, 0.4) is 0 Å². The quantitative estimate of drug-likeness (QED) is 0.314. The number of carbonyl (C=O) groups excluding carboxylic acids is 2. The van der Waals surface area contributed by atoms with Gasteiger partial charge in [0.1, 0.15) is 10.2 Å². The van der Waals surface area contributed by atoms with Crippen LogP contribution < -0.4 is 10.2 Å². The molecule has 1 aliphatic heterocycles. The van der Waals surface area contributed by atoms with E-state index in [4.69, 9.17) is 36.0 Å². The first-order valence-electron chi connectivity index (χ1n) is 9.73. The Hall–Kier alpha value is -3.13. The molecule has 32 heavy (non-hydrogen) atoms. The average Bonchev–Trinajstić information content (AvgIpc) is 2.74. The molecule has 0 atom stereocenters. The molecule has 1 N–H and O–H groups in total. The molecular weight excluding hydrogens is 462 g/mol. The molecule has 1 aliphatic rings. The number of halogens is 1. The van der Waals surface area contributed by atoms with Crippen molar-refractivity contribution in [3.05, 3.63) is 92.7 Å². The second kappa shape index (κ2) is 8.78. The van der Waals surface area contributed by atoms with Gasteiger partial charge in [0.25, 0.3) is 11.8 Å². The maximum absolute atomic E-state index is 13.2. The number of amides is 2. The van der Waals surface area contributed by atoms with E-state index in [1.165, 1.54) is 11.0 Å². The van der Waals surface area contributed by atoms with Crippen LogP contribution in [0.2, 0.25) is 5.02 Å². The zero-order valence-corrected chi connectivity index (χ0v) is 19.6. The number of carbonyl (C=O) groups is 2. The summed E-state index contributed by atoms with van der Waals surface area (Å²) in [5, 5.41) is 3.12. The molecule has 1 fully saturated rings. The molecule has 3 aromatic rings. The highest BCUT2D eigenvalue weighted by Gasteiger charge is 2.34. The number of nitrogens with zero attached hydrogens (tertiary/aromatic N) is 2. The Balaban J connectivity index is 1.80. The summed E-state index contributed by atoms with van der Waals surface area (Å²) in [6.07, 6.45) is 3.38. The molecule has 0 aliphatic carbocycles. The van der Waals surface area contributed by atoms with Crippen molar-refractivity contribution in [2.75, 3.05) is 4.90 Å². The van der Waals surface area contributed by atoms with Crippen molar-refractivity contribution in [1.82, 2.24) is 9.88 Å². The number of nitrogens with one attached hydrogen (secondary N) is 1. The fourth-order valence-electron chi connectivity index (χ4n) is 3.62. The maximum atomic E-state index is 13.2. The number of pyridine rings is 1. The van der Waals surface area contributed by atoms with Gasteiger partial charge in [-0.25, -0.2) is 0 Å². The number of aryl methyl sites for hydroxylation is 2. The Morgan fingerprint density at radius 3 is 2.25 bits per heavy atom. The molecule has 160 valence electrons. The lowest BCUT2D eigenvalue weighted by molar-refractivity contribution is -0.122. The molecule has 0 saturated carbocycles. The van der Waals surface area contributed by atoms with Crippen LogP contribution in [-0.2, 0) is 9.59 Å². The van der Waals surface area contributed by atoms with E-state index in [-0.39, 0.29) is 10.7 Å². The number of aromatic nitrogens is 1. The molecule has 0 spiro atoms. The zero-order valence-electron chi connectivity index (χ0n) is 17.3. The molecular formula is C24H18ClN3O2S2. The fraction of sp³-hybridized carbons (Fsp3) is 0.0833. The highest BCUT2D eigenvalue weighted by molar-refractivity contribution is 7.80. The minimum Gasteiger partial charge on any atom is -0.307 e. The Morgan fingerprint density at radius 1 is 0.938 bits per heavy atom. The van der Waals surface area contributed by atoms with Gasteiger partial charge in [-0.1, -0.05) is 48.1 Å². The smallest absolute Gasteiger partial charge is 0.270 e.